The number of carbonyl (C=O) groups excluding carboxylic acids is 2. The zero-order valence-electron chi connectivity index (χ0n) is 20.2. The lowest BCUT2D eigenvalue weighted by Crippen LogP contribution is -2.26. The number of rotatable bonds is 11. The molecule has 2 heterocycles. The second-order valence-corrected chi connectivity index (χ2v) is 10.5. The molecule has 0 aliphatic carbocycles. The Morgan fingerprint density at radius 1 is 1.08 bits per heavy atom. The van der Waals surface area contributed by atoms with Crippen molar-refractivity contribution in [3.05, 3.63) is 69.8 Å². The number of hydrogen-bond donors (Lipinski definition) is 2. The Morgan fingerprint density at radius 2 is 1.84 bits per heavy atom. The van der Waals surface area contributed by atoms with E-state index in [1.54, 1.807) is 7.11 Å². The molecule has 2 aromatic carbocycles. The molecule has 0 radical (unpaired) electrons. The van der Waals surface area contributed by atoms with Gasteiger partial charge in [-0.15, -0.1) is 21.5 Å². The Bertz CT molecular complexity index is 1360. The molecule has 37 heavy (non-hydrogen) atoms. The normalized spacial score (nSPS) is 10.8. The molecule has 2 aromatic heterocycles. The number of benzene rings is 2. The first-order valence-corrected chi connectivity index (χ1v) is 14.1. The molecule has 4 rings (SSSR count). The highest BCUT2D eigenvalue weighted by Gasteiger charge is 2.15. The summed E-state index contributed by atoms with van der Waals surface area (Å²) in [6.07, 6.45) is 0.256. The van der Waals surface area contributed by atoms with Crippen molar-refractivity contribution in [2.45, 2.75) is 31.6 Å². The first-order chi connectivity index (χ1) is 17.9. The van der Waals surface area contributed by atoms with Gasteiger partial charge in [-0.05, 0) is 36.8 Å². The van der Waals surface area contributed by atoms with Gasteiger partial charge in [-0.25, -0.2) is 4.98 Å². The Balaban J connectivity index is 1.27. The van der Waals surface area contributed by atoms with Crippen molar-refractivity contribution in [1.82, 2.24) is 25.1 Å². The predicted octanol–water partition coefficient (Wildman–Crippen LogP) is 4.78. The molecule has 0 atom stereocenters. The minimum absolute atomic E-state index is 0.115. The van der Waals surface area contributed by atoms with E-state index < -0.39 is 0 Å². The van der Waals surface area contributed by atoms with E-state index >= 15 is 0 Å². The van der Waals surface area contributed by atoms with Crippen LogP contribution < -0.4 is 15.4 Å². The van der Waals surface area contributed by atoms with E-state index in [0.29, 0.717) is 22.7 Å². The molecule has 4 aromatic rings. The molecule has 2 amide bonds. The Kier molecular flexibility index (Phi) is 9.31. The van der Waals surface area contributed by atoms with Gasteiger partial charge >= 0.3 is 0 Å². The van der Waals surface area contributed by atoms with E-state index in [1.165, 1.54) is 23.1 Å². The fraction of sp³-hybridized carbons (Fsp3) is 0.240. The molecular weight excluding hydrogens is 576 g/mol. The third-order valence-corrected chi connectivity index (χ3v) is 7.55. The molecule has 9 nitrogen and oxygen atoms in total. The van der Waals surface area contributed by atoms with Crippen molar-refractivity contribution in [3.63, 3.8) is 0 Å². The topological polar surface area (TPSA) is 111 Å². The van der Waals surface area contributed by atoms with E-state index in [9.17, 15) is 9.59 Å². The number of aromatic nitrogens is 4. The predicted molar refractivity (Wildman–Crippen MR) is 149 cm³/mol. The van der Waals surface area contributed by atoms with Gasteiger partial charge in [-0.1, -0.05) is 52.0 Å². The molecule has 192 valence electrons. The van der Waals surface area contributed by atoms with E-state index in [-0.39, 0.29) is 30.5 Å². The number of nitrogens with zero attached hydrogens (tertiary/aromatic N) is 4. The van der Waals surface area contributed by atoms with Crippen LogP contribution in [0, 0.1) is 0 Å². The fourth-order valence-electron chi connectivity index (χ4n) is 3.41. The lowest BCUT2D eigenvalue weighted by atomic mass is 10.1. The van der Waals surface area contributed by atoms with E-state index in [4.69, 9.17) is 4.74 Å². The van der Waals surface area contributed by atoms with Crippen LogP contribution in [0.15, 0.2) is 63.5 Å². The summed E-state index contributed by atoms with van der Waals surface area (Å²) in [5.41, 5.74) is 2.68. The van der Waals surface area contributed by atoms with Crippen molar-refractivity contribution in [1.29, 1.82) is 0 Å². The van der Waals surface area contributed by atoms with Gasteiger partial charge in [0.15, 0.2) is 16.1 Å². The minimum Gasteiger partial charge on any atom is -0.497 e. The van der Waals surface area contributed by atoms with Crippen LogP contribution in [0.5, 0.6) is 5.75 Å². The third-order valence-electron chi connectivity index (χ3n) is 5.30. The van der Waals surface area contributed by atoms with Crippen molar-refractivity contribution in [2.24, 2.45) is 0 Å². The van der Waals surface area contributed by atoms with Gasteiger partial charge in [0.05, 0.1) is 31.5 Å². The number of carbonyl (C=O) groups is 2. The Labute approximate surface area is 231 Å². The smallest absolute Gasteiger partial charge is 0.236 e. The van der Waals surface area contributed by atoms with Gasteiger partial charge in [-0.3, -0.25) is 9.59 Å². The summed E-state index contributed by atoms with van der Waals surface area (Å²) in [5.74, 6) is 1.25. The van der Waals surface area contributed by atoms with Gasteiger partial charge in [0, 0.05) is 22.0 Å². The SMILES string of the molecule is CCn1c(CNC(=O)Cc2ccc(OC)cc2)nnc1SCC(=O)Nc1nc(-c2ccc(Br)cc2)cs1. The van der Waals surface area contributed by atoms with Crippen molar-refractivity contribution in [3.8, 4) is 17.0 Å². The average Bonchev–Trinajstić information content (AvgIpc) is 3.53. The number of thioether (sulfide) groups is 1. The number of amides is 2. The van der Waals surface area contributed by atoms with Crippen LogP contribution in [0.4, 0.5) is 5.13 Å². The highest BCUT2D eigenvalue weighted by Crippen LogP contribution is 2.26. The molecule has 0 saturated heterocycles. The standard InChI is InChI=1S/C25H25BrN6O3S2/c1-3-32-21(13-27-22(33)12-16-4-10-19(35-2)11-5-16)30-31-25(32)37-15-23(34)29-24-28-20(14-36-24)17-6-8-18(26)9-7-17/h4-11,14H,3,12-13,15H2,1-2H3,(H,27,33)(H,28,29,34). The highest BCUT2D eigenvalue weighted by atomic mass is 79.9. The van der Waals surface area contributed by atoms with Crippen molar-refractivity contribution >= 4 is 56.0 Å². The van der Waals surface area contributed by atoms with Gasteiger partial charge in [-0.2, -0.15) is 0 Å². The number of ether oxygens (including phenoxy) is 1. The van der Waals surface area contributed by atoms with Gasteiger partial charge in [0.25, 0.3) is 0 Å². The van der Waals surface area contributed by atoms with Crippen LogP contribution in [-0.2, 0) is 29.1 Å². The van der Waals surface area contributed by atoms with Gasteiger partial charge in [0.2, 0.25) is 11.8 Å². The molecule has 0 spiro atoms. The summed E-state index contributed by atoms with van der Waals surface area (Å²) in [7, 11) is 1.60. The molecule has 12 heteroatoms. The molecule has 0 bridgehead atoms. The number of hydrogen-bond acceptors (Lipinski definition) is 8. The zero-order valence-corrected chi connectivity index (χ0v) is 23.5. The maximum absolute atomic E-state index is 12.5. The Morgan fingerprint density at radius 3 is 2.54 bits per heavy atom. The van der Waals surface area contributed by atoms with Crippen LogP contribution in [0.25, 0.3) is 11.3 Å². The zero-order chi connectivity index (χ0) is 26.2. The molecule has 0 aliphatic heterocycles. The minimum atomic E-state index is -0.179. The number of thiazole rings is 1. The molecule has 0 saturated carbocycles. The lowest BCUT2D eigenvalue weighted by Gasteiger charge is -2.09. The summed E-state index contributed by atoms with van der Waals surface area (Å²) < 4.78 is 8.03. The van der Waals surface area contributed by atoms with Crippen LogP contribution in [0.1, 0.15) is 18.3 Å². The van der Waals surface area contributed by atoms with Crippen molar-refractivity contribution in [2.75, 3.05) is 18.2 Å². The lowest BCUT2D eigenvalue weighted by molar-refractivity contribution is -0.120. The van der Waals surface area contributed by atoms with Crippen LogP contribution >= 0.6 is 39.0 Å². The average molecular weight is 602 g/mol. The first kappa shape index (κ1) is 26.8. The molecule has 0 aliphatic rings. The number of halogens is 1. The number of nitrogens with one attached hydrogen (secondary N) is 2. The summed E-state index contributed by atoms with van der Waals surface area (Å²) in [4.78, 5) is 29.4. The number of anilines is 1. The van der Waals surface area contributed by atoms with E-state index in [2.05, 4.69) is 41.7 Å². The number of methoxy groups -OCH3 is 1. The second-order valence-electron chi connectivity index (χ2n) is 7.83. The largest absolute Gasteiger partial charge is 0.497 e. The van der Waals surface area contributed by atoms with Crippen LogP contribution in [0.3, 0.4) is 0 Å². The molecular formula is C25H25BrN6O3S2. The van der Waals surface area contributed by atoms with Crippen molar-refractivity contribution < 1.29 is 14.3 Å². The summed E-state index contributed by atoms with van der Waals surface area (Å²) >= 11 is 6.09. The first-order valence-electron chi connectivity index (χ1n) is 11.4. The molecule has 2 N–H and O–H groups in total. The highest BCUT2D eigenvalue weighted by molar-refractivity contribution is 9.10. The Hall–Kier alpha value is -3.22. The van der Waals surface area contributed by atoms with Crippen LogP contribution in [-0.4, -0.2) is 44.4 Å². The maximum atomic E-state index is 12.5. The van der Waals surface area contributed by atoms with E-state index in [0.717, 1.165) is 27.0 Å². The summed E-state index contributed by atoms with van der Waals surface area (Å²) in [6.45, 7) is 2.83. The summed E-state index contributed by atoms with van der Waals surface area (Å²) in [6, 6.07) is 15.2. The maximum Gasteiger partial charge on any atom is 0.236 e. The quantitative estimate of drug-likeness (QED) is 0.238. The molecule has 0 fully saturated rings. The fourth-order valence-corrected chi connectivity index (χ4v) is 5.23. The van der Waals surface area contributed by atoms with E-state index in [1.807, 2.05) is 65.4 Å². The van der Waals surface area contributed by atoms with Gasteiger partial charge < -0.3 is 19.9 Å². The van der Waals surface area contributed by atoms with Gasteiger partial charge in [0.1, 0.15) is 5.75 Å². The summed E-state index contributed by atoms with van der Waals surface area (Å²) in [5, 5.41) is 17.2. The third kappa shape index (κ3) is 7.40. The van der Waals surface area contributed by atoms with Crippen LogP contribution in [0.2, 0.25) is 0 Å². The molecule has 0 unspecified atom stereocenters. The monoisotopic (exact) mass is 600 g/mol. The second kappa shape index (κ2) is 12.8.